The molecule has 0 radical (unpaired) electrons. The van der Waals surface area contributed by atoms with Gasteiger partial charge in [0.05, 0.1) is 16.6 Å². The molecule has 0 atom stereocenters. The topological polar surface area (TPSA) is 38.5 Å². The maximum Gasteiger partial charge on any atom is 0.197 e. The van der Waals surface area contributed by atoms with Gasteiger partial charge in [-0.25, -0.2) is 0 Å². The number of benzene rings is 4. The lowest BCUT2D eigenvalue weighted by Crippen LogP contribution is -2.50. The van der Waals surface area contributed by atoms with E-state index in [1.807, 2.05) is 42.5 Å². The molecule has 0 saturated carbocycles. The van der Waals surface area contributed by atoms with Crippen molar-refractivity contribution in [3.8, 4) is 11.1 Å². The van der Waals surface area contributed by atoms with Crippen molar-refractivity contribution in [2.75, 3.05) is 0 Å². The first kappa shape index (κ1) is 17.9. The molecule has 1 aliphatic rings. The molecular formula is C28H19NO2Si. The van der Waals surface area contributed by atoms with Gasteiger partial charge in [-0.15, -0.1) is 0 Å². The molecule has 1 aliphatic heterocycles. The highest BCUT2D eigenvalue weighted by atomic mass is 28.3. The first-order chi connectivity index (χ1) is 15.5. The zero-order valence-electron chi connectivity index (χ0n) is 17.8. The molecule has 0 N–H and O–H groups in total. The van der Waals surface area contributed by atoms with Crippen molar-refractivity contribution in [1.82, 2.24) is 4.40 Å². The Kier molecular flexibility index (Phi) is 3.20. The molecule has 0 spiro atoms. The number of para-hydroxylation sites is 2. The first-order valence-corrected chi connectivity index (χ1v) is 13.9. The van der Waals surface area contributed by atoms with Gasteiger partial charge < -0.3 is 4.40 Å². The van der Waals surface area contributed by atoms with E-state index < -0.39 is 8.07 Å². The van der Waals surface area contributed by atoms with Crippen LogP contribution in [0, 0.1) is 0 Å². The standard InChI is InChI=1S/C28H19NO2Si/c1-32(2)23-13-6-4-8-16(23)17-14-15-22-24(28(17)32)27(31)20-11-7-10-19-25(20)29(22)21-12-5-3-9-18(21)26(19)30/h3-15H,1-2H3. The molecule has 7 rings (SSSR count). The van der Waals surface area contributed by atoms with Crippen LogP contribution in [0.1, 0.15) is 0 Å². The van der Waals surface area contributed by atoms with Gasteiger partial charge in [0.25, 0.3) is 0 Å². The summed E-state index contributed by atoms with van der Waals surface area (Å²) in [5, 5.41) is 5.30. The fraction of sp³-hybridized carbons (Fsp3) is 0.0714. The van der Waals surface area contributed by atoms with E-state index in [0.717, 1.165) is 21.9 Å². The van der Waals surface area contributed by atoms with Gasteiger partial charge in [0.1, 0.15) is 8.07 Å². The fourth-order valence-electron chi connectivity index (χ4n) is 5.94. The summed E-state index contributed by atoms with van der Waals surface area (Å²) in [4.78, 5) is 27.3. The molecule has 32 heavy (non-hydrogen) atoms. The third-order valence-electron chi connectivity index (χ3n) is 7.31. The Hall–Kier alpha value is -3.76. The summed E-state index contributed by atoms with van der Waals surface area (Å²) in [5.74, 6) is 0. The van der Waals surface area contributed by atoms with Crippen molar-refractivity contribution in [2.45, 2.75) is 13.1 Å². The molecule has 0 bridgehead atoms. The number of hydrogen-bond donors (Lipinski definition) is 0. The second-order valence-electron chi connectivity index (χ2n) is 9.27. The minimum absolute atomic E-state index is 0.0202. The lowest BCUT2D eigenvalue weighted by Gasteiger charge is -2.22. The van der Waals surface area contributed by atoms with Crippen LogP contribution in [0.2, 0.25) is 13.1 Å². The number of pyridine rings is 2. The van der Waals surface area contributed by atoms with Crippen LogP contribution in [-0.2, 0) is 0 Å². The highest BCUT2D eigenvalue weighted by Gasteiger charge is 2.39. The van der Waals surface area contributed by atoms with Crippen molar-refractivity contribution in [1.29, 1.82) is 0 Å². The zero-order valence-corrected chi connectivity index (χ0v) is 18.8. The molecule has 152 valence electrons. The molecule has 6 aromatic rings. The van der Waals surface area contributed by atoms with E-state index in [-0.39, 0.29) is 10.9 Å². The lowest BCUT2D eigenvalue weighted by atomic mass is 9.99. The fourth-order valence-corrected chi connectivity index (χ4v) is 9.37. The van der Waals surface area contributed by atoms with Crippen LogP contribution < -0.4 is 21.2 Å². The predicted octanol–water partition coefficient (Wildman–Crippen LogP) is 4.36. The van der Waals surface area contributed by atoms with E-state index in [2.05, 4.69) is 53.9 Å². The molecule has 0 fully saturated rings. The van der Waals surface area contributed by atoms with E-state index in [1.165, 1.54) is 21.5 Å². The number of nitrogens with zero attached hydrogens (tertiary/aromatic N) is 1. The second kappa shape index (κ2) is 5.72. The summed E-state index contributed by atoms with van der Waals surface area (Å²) in [6.07, 6.45) is 0. The van der Waals surface area contributed by atoms with E-state index in [9.17, 15) is 9.59 Å². The highest BCUT2D eigenvalue weighted by Crippen LogP contribution is 2.33. The third kappa shape index (κ3) is 1.92. The molecule has 3 heterocycles. The molecule has 4 heteroatoms. The summed E-state index contributed by atoms with van der Waals surface area (Å²) in [6.45, 7) is 4.68. The van der Waals surface area contributed by atoms with Gasteiger partial charge in [-0.3, -0.25) is 9.59 Å². The van der Waals surface area contributed by atoms with Gasteiger partial charge in [0.2, 0.25) is 0 Å². The number of aromatic nitrogens is 1. The SMILES string of the molecule is C[Si]1(C)c2ccccc2-c2ccc3c(c21)c(=O)c1cccc2c(=O)c4ccccc4n3c21. The van der Waals surface area contributed by atoms with Crippen LogP contribution in [-0.4, -0.2) is 12.5 Å². The predicted molar refractivity (Wildman–Crippen MR) is 136 cm³/mol. The van der Waals surface area contributed by atoms with Crippen LogP contribution in [0.4, 0.5) is 0 Å². The molecule has 4 aromatic carbocycles. The Labute approximate surface area is 184 Å². The average Bonchev–Trinajstić information content (AvgIpc) is 3.05. The maximum absolute atomic E-state index is 14.0. The van der Waals surface area contributed by atoms with Crippen molar-refractivity contribution < 1.29 is 0 Å². The van der Waals surface area contributed by atoms with Crippen LogP contribution in [0.3, 0.4) is 0 Å². The van der Waals surface area contributed by atoms with E-state index in [0.29, 0.717) is 16.2 Å². The number of hydrogen-bond acceptors (Lipinski definition) is 2. The van der Waals surface area contributed by atoms with Gasteiger partial charge in [0, 0.05) is 21.5 Å². The Balaban J connectivity index is 1.85. The Morgan fingerprint density at radius 3 is 2.16 bits per heavy atom. The van der Waals surface area contributed by atoms with E-state index in [4.69, 9.17) is 0 Å². The van der Waals surface area contributed by atoms with E-state index >= 15 is 0 Å². The molecule has 0 unspecified atom stereocenters. The average molecular weight is 430 g/mol. The maximum atomic E-state index is 14.0. The minimum atomic E-state index is -2.08. The van der Waals surface area contributed by atoms with Crippen LogP contribution >= 0.6 is 0 Å². The zero-order chi connectivity index (χ0) is 21.8. The van der Waals surface area contributed by atoms with Gasteiger partial charge in [-0.05, 0) is 51.8 Å². The Morgan fingerprint density at radius 1 is 0.625 bits per heavy atom. The highest BCUT2D eigenvalue weighted by molar-refractivity contribution is 7.05. The number of rotatable bonds is 0. The minimum Gasteiger partial charge on any atom is -0.308 e. The third-order valence-corrected chi connectivity index (χ3v) is 10.9. The van der Waals surface area contributed by atoms with Crippen LogP contribution in [0.25, 0.3) is 49.2 Å². The van der Waals surface area contributed by atoms with Crippen molar-refractivity contribution >= 4 is 56.5 Å². The van der Waals surface area contributed by atoms with Crippen molar-refractivity contribution in [3.05, 3.63) is 99.3 Å². The van der Waals surface area contributed by atoms with Crippen LogP contribution in [0.5, 0.6) is 0 Å². The molecule has 2 aromatic heterocycles. The Morgan fingerprint density at radius 2 is 1.31 bits per heavy atom. The summed E-state index contributed by atoms with van der Waals surface area (Å²) in [7, 11) is -2.08. The van der Waals surface area contributed by atoms with E-state index in [1.54, 1.807) is 0 Å². The molecule has 0 amide bonds. The van der Waals surface area contributed by atoms with Gasteiger partial charge in [-0.1, -0.05) is 61.6 Å². The summed E-state index contributed by atoms with van der Waals surface area (Å²) in [5.41, 5.74) is 4.92. The first-order valence-electron chi connectivity index (χ1n) is 10.9. The number of fused-ring (bicyclic) bond motifs is 8. The smallest absolute Gasteiger partial charge is 0.197 e. The van der Waals surface area contributed by atoms with Crippen LogP contribution in [0.15, 0.2) is 88.5 Å². The summed E-state index contributed by atoms with van der Waals surface area (Å²) >= 11 is 0. The largest absolute Gasteiger partial charge is 0.308 e. The van der Waals surface area contributed by atoms with Gasteiger partial charge >= 0.3 is 0 Å². The molecule has 3 nitrogen and oxygen atoms in total. The summed E-state index contributed by atoms with van der Waals surface area (Å²) < 4.78 is 2.14. The van der Waals surface area contributed by atoms with Crippen molar-refractivity contribution in [3.63, 3.8) is 0 Å². The second-order valence-corrected chi connectivity index (χ2v) is 13.6. The quantitative estimate of drug-likeness (QED) is 0.204. The lowest BCUT2D eigenvalue weighted by molar-refractivity contribution is 1.31. The summed E-state index contributed by atoms with van der Waals surface area (Å²) in [6, 6.07) is 26.1. The normalized spacial score (nSPS) is 14.4. The molecule has 0 saturated heterocycles. The Bertz CT molecular complexity index is 1900. The van der Waals surface area contributed by atoms with Gasteiger partial charge in [0.15, 0.2) is 10.9 Å². The monoisotopic (exact) mass is 429 g/mol. The molecule has 0 aliphatic carbocycles. The van der Waals surface area contributed by atoms with Crippen molar-refractivity contribution in [2.24, 2.45) is 0 Å². The van der Waals surface area contributed by atoms with Gasteiger partial charge in [-0.2, -0.15) is 0 Å². The molecular weight excluding hydrogens is 410 g/mol.